The standard InChI is InChI=1S/C24H25N3O4S/c1-3-30-23(28)19-8-6-17(7-9-19)21-16-27-24(25-21)32-22(26-27)18-10-12-20(13-11-18)31-15-5-4-14-29-2/h6-13,16H,3-5,14-15H2,1-2H3. The molecule has 0 spiro atoms. The van der Waals surface area contributed by atoms with E-state index in [9.17, 15) is 4.79 Å². The van der Waals surface area contributed by atoms with Crippen molar-refractivity contribution in [1.29, 1.82) is 0 Å². The highest BCUT2D eigenvalue weighted by Crippen LogP contribution is 2.29. The lowest BCUT2D eigenvalue weighted by molar-refractivity contribution is 0.0526. The molecule has 2 aromatic heterocycles. The van der Waals surface area contributed by atoms with Gasteiger partial charge in [-0.05, 0) is 56.2 Å². The number of imidazole rings is 1. The Bertz CT molecular complexity index is 1130. The summed E-state index contributed by atoms with van der Waals surface area (Å²) in [6, 6.07) is 15.2. The Morgan fingerprint density at radius 3 is 2.41 bits per heavy atom. The minimum absolute atomic E-state index is 0.321. The van der Waals surface area contributed by atoms with Crippen molar-refractivity contribution in [2.75, 3.05) is 26.9 Å². The molecule has 0 fully saturated rings. The van der Waals surface area contributed by atoms with Gasteiger partial charge in [-0.15, -0.1) is 0 Å². The number of hydrogen-bond donors (Lipinski definition) is 0. The summed E-state index contributed by atoms with van der Waals surface area (Å²) in [6.07, 6.45) is 3.85. The summed E-state index contributed by atoms with van der Waals surface area (Å²) in [5.74, 6) is 0.528. The normalized spacial score (nSPS) is 11.1. The predicted octanol–water partition coefficient (Wildman–Crippen LogP) is 5.11. The maximum Gasteiger partial charge on any atom is 0.338 e. The molecular formula is C24H25N3O4S. The van der Waals surface area contributed by atoms with Crippen LogP contribution in [0.25, 0.3) is 26.8 Å². The molecule has 0 bridgehead atoms. The van der Waals surface area contributed by atoms with Gasteiger partial charge in [0.25, 0.3) is 0 Å². The molecule has 2 heterocycles. The van der Waals surface area contributed by atoms with E-state index in [2.05, 4.69) is 5.10 Å². The van der Waals surface area contributed by atoms with Crippen molar-refractivity contribution < 1.29 is 19.0 Å². The number of hydrogen-bond acceptors (Lipinski definition) is 7. The Kier molecular flexibility index (Phi) is 7.14. The van der Waals surface area contributed by atoms with Gasteiger partial charge in [0.2, 0.25) is 4.96 Å². The Balaban J connectivity index is 1.42. The van der Waals surface area contributed by atoms with Crippen LogP contribution in [0.3, 0.4) is 0 Å². The summed E-state index contributed by atoms with van der Waals surface area (Å²) in [7, 11) is 1.71. The van der Waals surface area contributed by atoms with Gasteiger partial charge in [0.1, 0.15) is 10.8 Å². The van der Waals surface area contributed by atoms with Gasteiger partial charge in [-0.1, -0.05) is 23.5 Å². The topological polar surface area (TPSA) is 75.0 Å². The highest BCUT2D eigenvalue weighted by atomic mass is 32.1. The first-order valence-electron chi connectivity index (χ1n) is 10.5. The Labute approximate surface area is 190 Å². The maximum atomic E-state index is 11.8. The summed E-state index contributed by atoms with van der Waals surface area (Å²) in [6.45, 7) is 3.59. The fraction of sp³-hybridized carbons (Fsp3) is 0.292. The van der Waals surface area contributed by atoms with Gasteiger partial charge in [0, 0.05) is 24.8 Å². The molecule has 166 valence electrons. The van der Waals surface area contributed by atoms with Gasteiger partial charge in [0.15, 0.2) is 0 Å². The summed E-state index contributed by atoms with van der Waals surface area (Å²) in [5.41, 5.74) is 3.28. The second-order valence-electron chi connectivity index (χ2n) is 7.13. The molecule has 0 saturated carbocycles. The van der Waals surface area contributed by atoms with Gasteiger partial charge < -0.3 is 14.2 Å². The average Bonchev–Trinajstić information content (AvgIpc) is 3.39. The van der Waals surface area contributed by atoms with Crippen LogP contribution in [0.1, 0.15) is 30.1 Å². The second kappa shape index (κ2) is 10.4. The molecule has 32 heavy (non-hydrogen) atoms. The average molecular weight is 452 g/mol. The number of nitrogens with zero attached hydrogens (tertiary/aromatic N) is 3. The first-order chi connectivity index (χ1) is 15.7. The number of methoxy groups -OCH3 is 1. The fourth-order valence-electron chi connectivity index (χ4n) is 3.18. The molecule has 0 aliphatic heterocycles. The largest absolute Gasteiger partial charge is 0.494 e. The molecular weight excluding hydrogens is 426 g/mol. The van der Waals surface area contributed by atoms with E-state index in [-0.39, 0.29) is 5.97 Å². The van der Waals surface area contributed by atoms with Crippen molar-refractivity contribution >= 4 is 22.3 Å². The third-order valence-electron chi connectivity index (χ3n) is 4.85. The number of rotatable bonds is 10. The molecule has 0 unspecified atom stereocenters. The van der Waals surface area contributed by atoms with Crippen LogP contribution in [0.2, 0.25) is 0 Å². The van der Waals surface area contributed by atoms with Gasteiger partial charge in [-0.2, -0.15) is 5.10 Å². The molecule has 0 atom stereocenters. The van der Waals surface area contributed by atoms with E-state index in [4.69, 9.17) is 19.2 Å². The summed E-state index contributed by atoms with van der Waals surface area (Å²) >= 11 is 1.53. The lowest BCUT2D eigenvalue weighted by Crippen LogP contribution is -2.03. The van der Waals surface area contributed by atoms with Crippen molar-refractivity contribution in [2.45, 2.75) is 19.8 Å². The zero-order valence-electron chi connectivity index (χ0n) is 18.1. The Hall–Kier alpha value is -3.23. The van der Waals surface area contributed by atoms with Crippen LogP contribution in [0.15, 0.2) is 54.7 Å². The van der Waals surface area contributed by atoms with Gasteiger partial charge >= 0.3 is 5.97 Å². The molecule has 4 rings (SSSR count). The van der Waals surface area contributed by atoms with Crippen LogP contribution in [-0.2, 0) is 9.47 Å². The third-order valence-corrected chi connectivity index (χ3v) is 5.82. The van der Waals surface area contributed by atoms with E-state index in [0.29, 0.717) is 18.8 Å². The van der Waals surface area contributed by atoms with Crippen LogP contribution >= 0.6 is 11.3 Å². The molecule has 0 amide bonds. The van der Waals surface area contributed by atoms with Crippen LogP contribution in [-0.4, -0.2) is 47.5 Å². The molecule has 0 N–H and O–H groups in total. The van der Waals surface area contributed by atoms with E-state index in [1.165, 1.54) is 11.3 Å². The van der Waals surface area contributed by atoms with E-state index in [1.54, 1.807) is 30.7 Å². The number of unbranched alkanes of at least 4 members (excludes halogenated alkanes) is 1. The van der Waals surface area contributed by atoms with Crippen molar-refractivity contribution in [3.05, 3.63) is 60.3 Å². The zero-order valence-corrected chi connectivity index (χ0v) is 18.9. The molecule has 2 aromatic carbocycles. The maximum absolute atomic E-state index is 11.8. The number of esters is 1. The lowest BCUT2D eigenvalue weighted by Gasteiger charge is -2.06. The quantitative estimate of drug-likeness (QED) is 0.246. The molecule has 0 aliphatic rings. The summed E-state index contributed by atoms with van der Waals surface area (Å²) in [5, 5.41) is 5.56. The van der Waals surface area contributed by atoms with Crippen LogP contribution in [0.5, 0.6) is 5.75 Å². The van der Waals surface area contributed by atoms with Crippen molar-refractivity contribution in [3.8, 4) is 27.6 Å². The summed E-state index contributed by atoms with van der Waals surface area (Å²) in [4.78, 5) is 17.3. The second-order valence-corrected chi connectivity index (χ2v) is 8.09. The highest BCUT2D eigenvalue weighted by molar-refractivity contribution is 7.19. The smallest absolute Gasteiger partial charge is 0.338 e. The first kappa shape index (κ1) is 22.0. The van der Waals surface area contributed by atoms with Gasteiger partial charge in [-0.25, -0.2) is 14.3 Å². The van der Waals surface area contributed by atoms with Gasteiger partial charge in [-0.3, -0.25) is 0 Å². The molecule has 4 aromatic rings. The number of carbonyl (C=O) groups is 1. The van der Waals surface area contributed by atoms with E-state index in [1.807, 2.05) is 42.6 Å². The minimum Gasteiger partial charge on any atom is -0.494 e. The monoisotopic (exact) mass is 451 g/mol. The Morgan fingerprint density at radius 1 is 1.00 bits per heavy atom. The zero-order chi connectivity index (χ0) is 22.3. The molecule has 8 heteroatoms. The highest BCUT2D eigenvalue weighted by Gasteiger charge is 2.12. The van der Waals surface area contributed by atoms with E-state index in [0.717, 1.165) is 52.0 Å². The van der Waals surface area contributed by atoms with Crippen molar-refractivity contribution in [1.82, 2.24) is 14.6 Å². The van der Waals surface area contributed by atoms with Crippen LogP contribution in [0, 0.1) is 0 Å². The van der Waals surface area contributed by atoms with E-state index < -0.39 is 0 Å². The number of ether oxygens (including phenoxy) is 3. The molecule has 7 nitrogen and oxygen atoms in total. The number of benzene rings is 2. The molecule has 0 aliphatic carbocycles. The third kappa shape index (κ3) is 5.15. The fourth-order valence-corrected chi connectivity index (χ4v) is 4.07. The van der Waals surface area contributed by atoms with Crippen molar-refractivity contribution in [2.24, 2.45) is 0 Å². The van der Waals surface area contributed by atoms with E-state index >= 15 is 0 Å². The number of fused-ring (bicyclic) bond motifs is 1. The first-order valence-corrected chi connectivity index (χ1v) is 11.4. The Morgan fingerprint density at radius 2 is 1.72 bits per heavy atom. The van der Waals surface area contributed by atoms with Crippen LogP contribution < -0.4 is 4.74 Å². The van der Waals surface area contributed by atoms with Crippen molar-refractivity contribution in [3.63, 3.8) is 0 Å². The lowest BCUT2D eigenvalue weighted by atomic mass is 10.1. The molecule has 0 saturated heterocycles. The van der Waals surface area contributed by atoms with Gasteiger partial charge in [0.05, 0.1) is 30.7 Å². The molecule has 0 radical (unpaired) electrons. The number of aromatic nitrogens is 3. The SMILES string of the molecule is CCOC(=O)c1ccc(-c2cn3nc(-c4ccc(OCCCCOC)cc4)sc3n2)cc1. The predicted molar refractivity (Wildman–Crippen MR) is 124 cm³/mol. The van der Waals surface area contributed by atoms with Crippen LogP contribution in [0.4, 0.5) is 0 Å². The minimum atomic E-state index is -0.321. The number of carbonyl (C=O) groups excluding carboxylic acids is 1. The summed E-state index contributed by atoms with van der Waals surface area (Å²) < 4.78 is 17.6.